The van der Waals surface area contributed by atoms with Gasteiger partial charge in [0.05, 0.1) is 35.4 Å². The van der Waals surface area contributed by atoms with E-state index in [0.29, 0.717) is 39.4 Å². The molecule has 1 heterocycles. The highest BCUT2D eigenvalue weighted by molar-refractivity contribution is 6.32. The Hall–Kier alpha value is -4.63. The Labute approximate surface area is 228 Å². The first-order valence-corrected chi connectivity index (χ1v) is 12.3. The molecule has 0 saturated carbocycles. The number of nitrogens with zero attached hydrogens (tertiary/aromatic N) is 1. The first-order valence-electron chi connectivity index (χ1n) is 11.9. The standard InChI is InChI=1S/C29H23ClN2O7/c1-15-23(29(34)38-3)24(25-26(31-15)19-6-4-5-7-20(19)27(25)33)17-12-21(30)28(22(13-17)37-2)39-14-16-8-10-18(11-9-16)32(35)36/h4-13,24,31H,14H2,1-3H3. The molecule has 3 aromatic carbocycles. The molecule has 1 aliphatic heterocycles. The lowest BCUT2D eigenvalue weighted by molar-refractivity contribution is -0.384. The van der Waals surface area contributed by atoms with Crippen LogP contribution < -0.4 is 14.8 Å². The molecule has 3 aromatic rings. The predicted molar refractivity (Wildman–Crippen MR) is 144 cm³/mol. The molecule has 1 unspecified atom stereocenters. The van der Waals surface area contributed by atoms with E-state index in [2.05, 4.69) is 5.32 Å². The molecule has 0 aromatic heterocycles. The average molecular weight is 547 g/mol. The first-order chi connectivity index (χ1) is 18.7. The van der Waals surface area contributed by atoms with Gasteiger partial charge in [0.1, 0.15) is 6.61 Å². The van der Waals surface area contributed by atoms with E-state index in [1.807, 2.05) is 12.1 Å². The van der Waals surface area contributed by atoms with Gasteiger partial charge >= 0.3 is 5.97 Å². The van der Waals surface area contributed by atoms with Gasteiger partial charge in [-0.3, -0.25) is 14.9 Å². The topological polar surface area (TPSA) is 117 Å². The Bertz CT molecular complexity index is 1590. The number of allylic oxidation sites excluding steroid dienone is 2. The zero-order chi connectivity index (χ0) is 27.8. The third-order valence-corrected chi connectivity index (χ3v) is 7.05. The molecule has 1 aliphatic carbocycles. The lowest BCUT2D eigenvalue weighted by atomic mass is 9.79. The van der Waals surface area contributed by atoms with Crippen LogP contribution in [-0.4, -0.2) is 30.9 Å². The van der Waals surface area contributed by atoms with Crippen LogP contribution in [0, 0.1) is 10.1 Å². The van der Waals surface area contributed by atoms with E-state index in [0.717, 1.165) is 5.56 Å². The second-order valence-corrected chi connectivity index (χ2v) is 9.41. The number of esters is 1. The maximum absolute atomic E-state index is 13.6. The van der Waals surface area contributed by atoms with Crippen molar-refractivity contribution in [2.24, 2.45) is 0 Å². The van der Waals surface area contributed by atoms with Crippen molar-refractivity contribution in [1.82, 2.24) is 5.32 Å². The summed E-state index contributed by atoms with van der Waals surface area (Å²) in [7, 11) is 2.75. The Morgan fingerprint density at radius 3 is 2.41 bits per heavy atom. The van der Waals surface area contributed by atoms with Gasteiger partial charge in [-0.15, -0.1) is 0 Å². The van der Waals surface area contributed by atoms with Crippen molar-refractivity contribution in [2.75, 3.05) is 14.2 Å². The number of dihydropyridines is 1. The summed E-state index contributed by atoms with van der Waals surface area (Å²) in [5.74, 6) is -0.992. The number of nitro groups is 1. The molecule has 1 atom stereocenters. The van der Waals surface area contributed by atoms with E-state index in [9.17, 15) is 19.7 Å². The summed E-state index contributed by atoms with van der Waals surface area (Å²) in [5, 5.41) is 14.4. The SMILES string of the molecule is COC(=O)C1=C(C)NC2=C(C(=O)c3ccccc32)C1c1cc(Cl)c(OCc2ccc([N+](=O)[O-])cc2)c(OC)c1. The van der Waals surface area contributed by atoms with Gasteiger partial charge in [-0.25, -0.2) is 4.79 Å². The van der Waals surface area contributed by atoms with Crippen LogP contribution in [0.4, 0.5) is 5.69 Å². The number of Topliss-reactive ketones (excluding diaryl/α,β-unsaturated/α-hetero) is 1. The number of carbonyl (C=O) groups is 2. The molecule has 0 saturated heterocycles. The van der Waals surface area contributed by atoms with Gasteiger partial charge in [-0.1, -0.05) is 35.9 Å². The molecular weight excluding hydrogens is 524 g/mol. The van der Waals surface area contributed by atoms with Gasteiger partial charge in [0, 0.05) is 40.4 Å². The molecule has 10 heteroatoms. The fraction of sp³-hybridized carbons (Fsp3) is 0.172. The minimum Gasteiger partial charge on any atom is -0.493 e. The monoisotopic (exact) mass is 546 g/mol. The summed E-state index contributed by atoms with van der Waals surface area (Å²) in [6.07, 6.45) is 0. The summed E-state index contributed by atoms with van der Waals surface area (Å²) in [4.78, 5) is 37.0. The fourth-order valence-electron chi connectivity index (χ4n) is 4.96. The third kappa shape index (κ3) is 4.51. The molecule has 0 spiro atoms. The highest BCUT2D eigenvalue weighted by atomic mass is 35.5. The Morgan fingerprint density at radius 2 is 1.77 bits per heavy atom. The van der Waals surface area contributed by atoms with Crippen LogP contribution >= 0.6 is 11.6 Å². The molecule has 1 N–H and O–H groups in total. The maximum Gasteiger partial charge on any atom is 0.336 e. The predicted octanol–water partition coefficient (Wildman–Crippen LogP) is 5.58. The third-order valence-electron chi connectivity index (χ3n) is 6.77. The van der Waals surface area contributed by atoms with Crippen molar-refractivity contribution < 1.29 is 28.7 Å². The Kier molecular flexibility index (Phi) is 6.84. The van der Waals surface area contributed by atoms with Crippen molar-refractivity contribution in [2.45, 2.75) is 19.4 Å². The van der Waals surface area contributed by atoms with Crippen molar-refractivity contribution in [1.29, 1.82) is 0 Å². The highest BCUT2D eigenvalue weighted by Gasteiger charge is 2.43. The molecule has 0 amide bonds. The number of hydrogen-bond donors (Lipinski definition) is 1. The number of rotatable bonds is 7. The molecule has 9 nitrogen and oxygen atoms in total. The number of ether oxygens (including phenoxy) is 3. The zero-order valence-corrected chi connectivity index (χ0v) is 22.0. The molecule has 2 aliphatic rings. The zero-order valence-electron chi connectivity index (χ0n) is 21.2. The van der Waals surface area contributed by atoms with E-state index in [4.69, 9.17) is 25.8 Å². The van der Waals surface area contributed by atoms with Gasteiger partial charge in [0.25, 0.3) is 5.69 Å². The van der Waals surface area contributed by atoms with Gasteiger partial charge in [0.15, 0.2) is 17.3 Å². The van der Waals surface area contributed by atoms with Crippen LogP contribution in [0.5, 0.6) is 11.5 Å². The normalized spacial score (nSPS) is 15.9. The second kappa shape index (κ2) is 10.3. The van der Waals surface area contributed by atoms with E-state index in [1.165, 1.54) is 26.4 Å². The number of non-ortho nitro benzene ring substituents is 1. The summed E-state index contributed by atoms with van der Waals surface area (Å²) in [5.41, 5.74) is 4.42. The number of nitro benzene ring substituents is 1. The van der Waals surface area contributed by atoms with Crippen LogP contribution in [0.3, 0.4) is 0 Å². The average Bonchev–Trinajstić information content (AvgIpc) is 3.22. The van der Waals surface area contributed by atoms with Crippen molar-refractivity contribution in [3.05, 3.63) is 115 Å². The number of nitrogens with one attached hydrogen (secondary N) is 1. The van der Waals surface area contributed by atoms with E-state index in [1.54, 1.807) is 43.3 Å². The molecule has 0 radical (unpaired) electrons. The van der Waals surface area contributed by atoms with Gasteiger partial charge < -0.3 is 19.5 Å². The van der Waals surface area contributed by atoms with E-state index >= 15 is 0 Å². The van der Waals surface area contributed by atoms with Crippen LogP contribution in [0.2, 0.25) is 5.02 Å². The van der Waals surface area contributed by atoms with Gasteiger partial charge in [-0.05, 0) is 42.3 Å². The second-order valence-electron chi connectivity index (χ2n) is 9.00. The smallest absolute Gasteiger partial charge is 0.336 e. The molecule has 198 valence electrons. The lowest BCUT2D eigenvalue weighted by Crippen LogP contribution is -2.29. The number of halogens is 1. The summed E-state index contributed by atoms with van der Waals surface area (Å²) < 4.78 is 16.6. The Balaban J connectivity index is 1.56. The van der Waals surface area contributed by atoms with Crippen molar-refractivity contribution in [3.8, 4) is 11.5 Å². The number of fused-ring (bicyclic) bond motifs is 2. The molecule has 0 bridgehead atoms. The van der Waals surface area contributed by atoms with Crippen molar-refractivity contribution >= 4 is 34.7 Å². The number of ketones is 1. The van der Waals surface area contributed by atoms with Gasteiger partial charge in [-0.2, -0.15) is 0 Å². The minimum absolute atomic E-state index is 0.0252. The quantitative estimate of drug-likeness (QED) is 0.232. The Morgan fingerprint density at radius 1 is 1.08 bits per heavy atom. The first kappa shape index (κ1) is 26.0. The van der Waals surface area contributed by atoms with Crippen LogP contribution in [-0.2, 0) is 16.1 Å². The summed E-state index contributed by atoms with van der Waals surface area (Å²) in [6, 6.07) is 16.6. The molecule has 0 fully saturated rings. The fourth-order valence-corrected chi connectivity index (χ4v) is 5.23. The molecular formula is C29H23ClN2O7. The maximum atomic E-state index is 13.6. The van der Waals surface area contributed by atoms with E-state index < -0.39 is 16.8 Å². The van der Waals surface area contributed by atoms with Crippen LogP contribution in [0.15, 0.2) is 77.5 Å². The number of hydrogen-bond acceptors (Lipinski definition) is 8. The van der Waals surface area contributed by atoms with Crippen LogP contribution in [0.25, 0.3) is 5.70 Å². The largest absolute Gasteiger partial charge is 0.493 e. The summed E-state index contributed by atoms with van der Waals surface area (Å²) in [6.45, 7) is 1.84. The lowest BCUT2D eigenvalue weighted by Gasteiger charge is -2.29. The highest BCUT2D eigenvalue weighted by Crippen LogP contribution is 2.49. The number of benzene rings is 3. The van der Waals surface area contributed by atoms with Crippen molar-refractivity contribution in [3.63, 3.8) is 0 Å². The van der Waals surface area contributed by atoms with E-state index in [-0.39, 0.29) is 34.4 Å². The van der Waals surface area contributed by atoms with Gasteiger partial charge in [0.2, 0.25) is 0 Å². The van der Waals surface area contributed by atoms with Crippen LogP contribution in [0.1, 0.15) is 39.9 Å². The minimum atomic E-state index is -0.774. The number of methoxy groups -OCH3 is 2. The summed E-state index contributed by atoms with van der Waals surface area (Å²) >= 11 is 6.69. The molecule has 39 heavy (non-hydrogen) atoms. The number of carbonyl (C=O) groups excluding carboxylic acids is 2. The molecule has 5 rings (SSSR count).